The summed E-state index contributed by atoms with van der Waals surface area (Å²) in [5, 5.41) is 0. The third-order valence-corrected chi connectivity index (χ3v) is 0.406. The summed E-state index contributed by atoms with van der Waals surface area (Å²) in [5.74, 6) is 0. The van der Waals surface area contributed by atoms with Crippen LogP contribution in [-0.2, 0) is 26.2 Å². The Hall–Kier alpha value is 0.0931. The summed E-state index contributed by atoms with van der Waals surface area (Å²) < 4.78 is 0. The average molecular weight is 159 g/mol. The number of H-pyrrole nitrogens is 1. The van der Waals surface area contributed by atoms with Crippen molar-refractivity contribution in [3.05, 3.63) is 18.7 Å². The van der Waals surface area contributed by atoms with Gasteiger partial charge < -0.3 is 4.98 Å². The Balaban J connectivity index is 0.000000250. The van der Waals surface area contributed by atoms with Gasteiger partial charge in [0.25, 0.3) is 0 Å². The van der Waals surface area contributed by atoms with Crippen LogP contribution in [0.25, 0.3) is 0 Å². The van der Waals surface area contributed by atoms with Gasteiger partial charge in [-0.2, -0.15) is 0 Å². The summed E-state index contributed by atoms with van der Waals surface area (Å²) in [5.41, 5.74) is 0. The van der Waals surface area contributed by atoms with Crippen LogP contribution in [0.4, 0.5) is 0 Å². The van der Waals surface area contributed by atoms with E-state index < -0.39 is 0 Å². The molecule has 0 saturated heterocycles. The zero-order chi connectivity index (χ0) is 3.54. The molecule has 0 aliphatic heterocycles. The van der Waals surface area contributed by atoms with E-state index in [1.54, 1.807) is 18.7 Å². The van der Waals surface area contributed by atoms with Crippen LogP contribution in [0.15, 0.2) is 18.7 Å². The van der Waals surface area contributed by atoms with Crippen molar-refractivity contribution in [2.45, 2.75) is 0 Å². The van der Waals surface area contributed by atoms with Gasteiger partial charge in [-0.05, 0) is 0 Å². The van der Waals surface area contributed by atoms with Gasteiger partial charge in [-0.1, -0.05) is 0 Å². The predicted octanol–water partition coefficient (Wildman–Crippen LogP) is 0.407. The minimum absolute atomic E-state index is 0. The SMILES string of the molecule is [Zr].c1c[nH]cn1. The molecule has 1 aromatic rings. The number of hydrogen-bond acceptors (Lipinski definition) is 1. The first-order valence-electron chi connectivity index (χ1n) is 1.43. The van der Waals surface area contributed by atoms with Crippen LogP contribution >= 0.6 is 0 Å². The standard InChI is InChI=1S/C3H4N2.Zr/c1-2-5-3-4-1;/h1-3H,(H,4,5);. The fourth-order valence-corrected chi connectivity index (χ4v) is 0.215. The molecule has 0 bridgehead atoms. The summed E-state index contributed by atoms with van der Waals surface area (Å²) in [6, 6.07) is 0. The molecule has 0 unspecified atom stereocenters. The van der Waals surface area contributed by atoms with E-state index in [1.807, 2.05) is 0 Å². The van der Waals surface area contributed by atoms with Gasteiger partial charge in [0.2, 0.25) is 0 Å². The third kappa shape index (κ3) is 1.51. The van der Waals surface area contributed by atoms with Crippen molar-refractivity contribution < 1.29 is 26.2 Å². The van der Waals surface area contributed by atoms with Crippen molar-refractivity contribution in [2.75, 3.05) is 0 Å². The van der Waals surface area contributed by atoms with Crippen LogP contribution in [0.1, 0.15) is 0 Å². The summed E-state index contributed by atoms with van der Waals surface area (Å²) in [6.45, 7) is 0. The van der Waals surface area contributed by atoms with E-state index in [4.69, 9.17) is 0 Å². The molecule has 30 valence electrons. The van der Waals surface area contributed by atoms with Crippen LogP contribution in [0.2, 0.25) is 0 Å². The maximum Gasteiger partial charge on any atom is 0.0919 e. The quantitative estimate of drug-likeness (QED) is 0.583. The number of imidazole rings is 1. The molecule has 0 amide bonds. The van der Waals surface area contributed by atoms with Crippen molar-refractivity contribution in [3.8, 4) is 0 Å². The Kier molecular flexibility index (Phi) is 3.34. The van der Waals surface area contributed by atoms with Gasteiger partial charge in [-0.25, -0.2) is 4.98 Å². The summed E-state index contributed by atoms with van der Waals surface area (Å²) in [7, 11) is 0. The molecule has 1 aromatic heterocycles. The van der Waals surface area contributed by atoms with Gasteiger partial charge >= 0.3 is 0 Å². The molecule has 0 saturated carbocycles. The fourth-order valence-electron chi connectivity index (χ4n) is 0.215. The van der Waals surface area contributed by atoms with Gasteiger partial charge in [-0.15, -0.1) is 0 Å². The maximum absolute atomic E-state index is 3.67. The van der Waals surface area contributed by atoms with Crippen LogP contribution < -0.4 is 0 Å². The Morgan fingerprint density at radius 1 is 1.50 bits per heavy atom. The summed E-state index contributed by atoms with van der Waals surface area (Å²) >= 11 is 0. The minimum atomic E-state index is 0. The topological polar surface area (TPSA) is 28.7 Å². The number of rotatable bonds is 0. The zero-order valence-corrected chi connectivity index (χ0v) is 5.64. The monoisotopic (exact) mass is 158 g/mol. The van der Waals surface area contributed by atoms with Crippen LogP contribution in [0.5, 0.6) is 0 Å². The molecule has 0 aromatic carbocycles. The number of aromatic nitrogens is 2. The van der Waals surface area contributed by atoms with Crippen LogP contribution in [0.3, 0.4) is 0 Å². The first kappa shape index (κ1) is 6.09. The number of nitrogens with zero attached hydrogens (tertiary/aromatic N) is 1. The Bertz CT molecular complexity index is 65.3. The van der Waals surface area contributed by atoms with E-state index in [9.17, 15) is 0 Å². The molecule has 0 atom stereocenters. The van der Waals surface area contributed by atoms with E-state index in [-0.39, 0.29) is 26.2 Å². The van der Waals surface area contributed by atoms with Gasteiger partial charge in [0.15, 0.2) is 0 Å². The molecular formula is C3H4N2Zr. The first-order chi connectivity index (χ1) is 2.50. The molecule has 0 radical (unpaired) electrons. The molecule has 1 heterocycles. The zero-order valence-electron chi connectivity index (χ0n) is 3.18. The molecule has 0 spiro atoms. The van der Waals surface area contributed by atoms with Crippen LogP contribution in [-0.4, -0.2) is 9.97 Å². The fraction of sp³-hybridized carbons (Fsp3) is 0. The Morgan fingerprint density at radius 3 is 2.50 bits per heavy atom. The smallest absolute Gasteiger partial charge is 0.0919 e. The van der Waals surface area contributed by atoms with Gasteiger partial charge in [-0.3, -0.25) is 0 Å². The molecule has 0 aliphatic carbocycles. The average Bonchev–Trinajstić information content (AvgIpc) is 1.76. The van der Waals surface area contributed by atoms with E-state index in [1.165, 1.54) is 0 Å². The molecule has 0 aliphatic rings. The van der Waals surface area contributed by atoms with E-state index in [2.05, 4.69) is 9.97 Å². The molecule has 1 N–H and O–H groups in total. The second-order valence-corrected chi connectivity index (χ2v) is 0.761. The maximum atomic E-state index is 3.67. The second kappa shape index (κ2) is 3.29. The molecule has 3 heteroatoms. The van der Waals surface area contributed by atoms with E-state index in [0.717, 1.165) is 0 Å². The van der Waals surface area contributed by atoms with Gasteiger partial charge in [0, 0.05) is 38.6 Å². The molecule has 2 nitrogen and oxygen atoms in total. The number of aromatic amines is 1. The number of nitrogens with one attached hydrogen (secondary N) is 1. The van der Waals surface area contributed by atoms with E-state index in [0.29, 0.717) is 0 Å². The third-order valence-electron chi connectivity index (χ3n) is 0.406. The Morgan fingerprint density at radius 2 is 2.33 bits per heavy atom. The van der Waals surface area contributed by atoms with Crippen molar-refractivity contribution in [1.29, 1.82) is 0 Å². The predicted molar refractivity (Wildman–Crippen MR) is 18.6 cm³/mol. The molecule has 1 rings (SSSR count). The van der Waals surface area contributed by atoms with Gasteiger partial charge in [0.1, 0.15) is 0 Å². The van der Waals surface area contributed by atoms with Crippen molar-refractivity contribution in [1.82, 2.24) is 9.97 Å². The Labute approximate surface area is 55.1 Å². The van der Waals surface area contributed by atoms with Crippen LogP contribution in [0, 0.1) is 0 Å². The van der Waals surface area contributed by atoms with Crippen molar-refractivity contribution in [2.24, 2.45) is 0 Å². The van der Waals surface area contributed by atoms with E-state index >= 15 is 0 Å². The van der Waals surface area contributed by atoms with Crippen molar-refractivity contribution >= 4 is 0 Å². The van der Waals surface area contributed by atoms with Crippen molar-refractivity contribution in [3.63, 3.8) is 0 Å². The molecule has 0 fully saturated rings. The summed E-state index contributed by atoms with van der Waals surface area (Å²) in [6.07, 6.45) is 5.08. The molecular weight excluding hydrogens is 155 g/mol. The number of hydrogen-bond donors (Lipinski definition) is 1. The second-order valence-electron chi connectivity index (χ2n) is 0.761. The first-order valence-corrected chi connectivity index (χ1v) is 1.43. The largest absolute Gasteiger partial charge is 0.351 e. The minimum Gasteiger partial charge on any atom is -0.351 e. The normalized spacial score (nSPS) is 6.67. The summed E-state index contributed by atoms with van der Waals surface area (Å²) in [4.78, 5) is 6.42. The molecule has 6 heavy (non-hydrogen) atoms. The van der Waals surface area contributed by atoms with Gasteiger partial charge in [0.05, 0.1) is 6.33 Å².